The number of benzene rings is 2. The molecule has 0 atom stereocenters. The van der Waals surface area contributed by atoms with Gasteiger partial charge in [0, 0.05) is 17.3 Å². The van der Waals surface area contributed by atoms with E-state index in [1.807, 2.05) is 36.4 Å². The standard InChI is InChI=1S/C22H15N5O2/c1-29-22(28)17-9-10-24-19(12-17)16-7-8-21(18(11-16)13-23)27-14-20(25-26-27)15-5-3-2-4-6-15/h2-12,14H,1H3. The van der Waals surface area contributed by atoms with Gasteiger partial charge in [-0.2, -0.15) is 5.26 Å². The van der Waals surface area contributed by atoms with Crippen LogP contribution in [0.25, 0.3) is 28.2 Å². The normalized spacial score (nSPS) is 10.3. The molecule has 0 saturated heterocycles. The number of hydrogen-bond donors (Lipinski definition) is 0. The zero-order chi connectivity index (χ0) is 20.2. The number of esters is 1. The fourth-order valence-electron chi connectivity index (χ4n) is 2.94. The molecule has 0 fully saturated rings. The van der Waals surface area contributed by atoms with Crippen LogP contribution in [-0.4, -0.2) is 33.1 Å². The van der Waals surface area contributed by atoms with Gasteiger partial charge in [-0.15, -0.1) is 5.10 Å². The van der Waals surface area contributed by atoms with E-state index in [0.717, 1.165) is 5.56 Å². The second-order valence-corrected chi connectivity index (χ2v) is 6.18. The van der Waals surface area contributed by atoms with Crippen molar-refractivity contribution in [3.05, 3.63) is 84.2 Å². The highest BCUT2D eigenvalue weighted by Gasteiger charge is 2.13. The van der Waals surface area contributed by atoms with Crippen LogP contribution in [0.2, 0.25) is 0 Å². The van der Waals surface area contributed by atoms with Gasteiger partial charge in [-0.3, -0.25) is 4.98 Å². The third-order valence-electron chi connectivity index (χ3n) is 4.40. The molecule has 0 saturated carbocycles. The molecule has 0 aliphatic carbocycles. The van der Waals surface area contributed by atoms with Crippen molar-refractivity contribution in [3.63, 3.8) is 0 Å². The van der Waals surface area contributed by atoms with Crippen molar-refractivity contribution >= 4 is 5.97 Å². The number of carbonyl (C=O) groups excluding carboxylic acids is 1. The zero-order valence-electron chi connectivity index (χ0n) is 15.5. The lowest BCUT2D eigenvalue weighted by Gasteiger charge is -2.07. The lowest BCUT2D eigenvalue weighted by atomic mass is 10.0. The summed E-state index contributed by atoms with van der Waals surface area (Å²) in [5, 5.41) is 18.0. The molecular formula is C22H15N5O2. The van der Waals surface area contributed by atoms with E-state index in [0.29, 0.717) is 33.8 Å². The molecule has 0 spiro atoms. The number of rotatable bonds is 4. The van der Waals surface area contributed by atoms with E-state index in [4.69, 9.17) is 4.74 Å². The van der Waals surface area contributed by atoms with Crippen LogP contribution in [0, 0.1) is 11.3 Å². The number of aromatic nitrogens is 4. The number of nitriles is 1. The Bertz CT molecular complexity index is 1230. The molecule has 7 heteroatoms. The van der Waals surface area contributed by atoms with Crippen LogP contribution in [0.4, 0.5) is 0 Å². The summed E-state index contributed by atoms with van der Waals surface area (Å²) in [5.41, 5.74) is 4.35. The summed E-state index contributed by atoms with van der Waals surface area (Å²) in [4.78, 5) is 16.1. The van der Waals surface area contributed by atoms with Crippen molar-refractivity contribution in [2.45, 2.75) is 0 Å². The summed E-state index contributed by atoms with van der Waals surface area (Å²) < 4.78 is 6.32. The first-order valence-corrected chi connectivity index (χ1v) is 8.76. The third-order valence-corrected chi connectivity index (χ3v) is 4.40. The summed E-state index contributed by atoms with van der Waals surface area (Å²) in [5.74, 6) is -0.443. The van der Waals surface area contributed by atoms with Gasteiger partial charge < -0.3 is 4.74 Å². The smallest absolute Gasteiger partial charge is 0.337 e. The van der Waals surface area contributed by atoms with Crippen molar-refractivity contribution in [1.29, 1.82) is 5.26 Å². The first-order valence-electron chi connectivity index (χ1n) is 8.76. The topological polar surface area (TPSA) is 93.7 Å². The Labute approximate surface area is 166 Å². The first-order chi connectivity index (χ1) is 14.2. The van der Waals surface area contributed by atoms with Gasteiger partial charge in [0.1, 0.15) is 11.8 Å². The summed E-state index contributed by atoms with van der Waals surface area (Å²) in [6.07, 6.45) is 3.31. The minimum Gasteiger partial charge on any atom is -0.465 e. The van der Waals surface area contributed by atoms with Crippen molar-refractivity contribution in [3.8, 4) is 34.3 Å². The highest BCUT2D eigenvalue weighted by Crippen LogP contribution is 2.25. The van der Waals surface area contributed by atoms with Gasteiger partial charge in [0.25, 0.3) is 0 Å². The predicted octanol–water partition coefficient (Wildman–Crippen LogP) is 3.65. The molecule has 2 aromatic heterocycles. The van der Waals surface area contributed by atoms with Crippen molar-refractivity contribution < 1.29 is 9.53 Å². The third kappa shape index (κ3) is 3.59. The molecule has 4 aromatic rings. The van der Waals surface area contributed by atoms with Crippen molar-refractivity contribution in [2.24, 2.45) is 0 Å². The SMILES string of the molecule is COC(=O)c1ccnc(-c2ccc(-n3cc(-c4ccccc4)nn3)c(C#N)c2)c1. The Morgan fingerprint density at radius 3 is 2.62 bits per heavy atom. The molecule has 0 aliphatic heterocycles. The highest BCUT2D eigenvalue weighted by atomic mass is 16.5. The number of pyridine rings is 1. The van der Waals surface area contributed by atoms with Gasteiger partial charge >= 0.3 is 5.97 Å². The van der Waals surface area contributed by atoms with Crippen LogP contribution in [0.3, 0.4) is 0 Å². The molecule has 140 valence electrons. The number of hydrogen-bond acceptors (Lipinski definition) is 6. The summed E-state index contributed by atoms with van der Waals surface area (Å²) >= 11 is 0. The van der Waals surface area contributed by atoms with E-state index in [9.17, 15) is 10.1 Å². The molecule has 2 aromatic carbocycles. The molecular weight excluding hydrogens is 366 g/mol. The van der Waals surface area contributed by atoms with Gasteiger partial charge in [0.2, 0.25) is 0 Å². The molecule has 0 N–H and O–H groups in total. The van der Waals surface area contributed by atoms with E-state index in [-0.39, 0.29) is 0 Å². The average Bonchev–Trinajstić information content (AvgIpc) is 3.29. The molecule has 0 radical (unpaired) electrons. The maximum Gasteiger partial charge on any atom is 0.337 e. The minimum atomic E-state index is -0.443. The van der Waals surface area contributed by atoms with Crippen LogP contribution in [-0.2, 0) is 4.74 Å². The Morgan fingerprint density at radius 2 is 1.86 bits per heavy atom. The van der Waals surface area contributed by atoms with Crippen molar-refractivity contribution in [2.75, 3.05) is 7.11 Å². The maximum absolute atomic E-state index is 11.8. The Balaban J connectivity index is 1.71. The van der Waals surface area contributed by atoms with Crippen molar-refractivity contribution in [1.82, 2.24) is 20.0 Å². The van der Waals surface area contributed by atoms with Gasteiger partial charge in [0.15, 0.2) is 0 Å². The Morgan fingerprint density at radius 1 is 1.03 bits per heavy atom. The van der Waals surface area contributed by atoms with Crippen LogP contribution < -0.4 is 0 Å². The number of ether oxygens (including phenoxy) is 1. The summed E-state index contributed by atoms with van der Waals surface area (Å²) in [6.45, 7) is 0. The lowest BCUT2D eigenvalue weighted by Crippen LogP contribution is -2.02. The Hall–Kier alpha value is -4.31. The number of nitrogens with zero attached hydrogens (tertiary/aromatic N) is 5. The van der Waals surface area contributed by atoms with E-state index in [1.165, 1.54) is 13.3 Å². The average molecular weight is 381 g/mol. The first kappa shape index (κ1) is 18.1. The van der Waals surface area contributed by atoms with Crippen LogP contribution in [0.15, 0.2) is 73.1 Å². The van der Waals surface area contributed by atoms with Crippen LogP contribution in [0.5, 0.6) is 0 Å². The minimum absolute atomic E-state index is 0.392. The molecule has 0 amide bonds. The summed E-state index contributed by atoms with van der Waals surface area (Å²) in [7, 11) is 1.33. The second kappa shape index (κ2) is 7.74. The van der Waals surface area contributed by atoms with Gasteiger partial charge in [0.05, 0.1) is 35.8 Å². The fraction of sp³-hybridized carbons (Fsp3) is 0.0455. The van der Waals surface area contributed by atoms with E-state index < -0.39 is 5.97 Å². The quantitative estimate of drug-likeness (QED) is 0.501. The molecule has 2 heterocycles. The predicted molar refractivity (Wildman–Crippen MR) is 106 cm³/mol. The van der Waals surface area contributed by atoms with E-state index in [1.54, 1.807) is 35.1 Å². The molecule has 0 bridgehead atoms. The highest BCUT2D eigenvalue weighted by molar-refractivity contribution is 5.90. The van der Waals surface area contributed by atoms with Gasteiger partial charge in [-0.05, 0) is 24.3 Å². The molecule has 0 aliphatic rings. The number of methoxy groups -OCH3 is 1. The zero-order valence-corrected chi connectivity index (χ0v) is 15.5. The molecule has 29 heavy (non-hydrogen) atoms. The molecule has 7 nitrogen and oxygen atoms in total. The molecule has 0 unspecified atom stereocenters. The largest absolute Gasteiger partial charge is 0.465 e. The lowest BCUT2D eigenvalue weighted by molar-refractivity contribution is 0.0600. The van der Waals surface area contributed by atoms with Crippen LogP contribution >= 0.6 is 0 Å². The van der Waals surface area contributed by atoms with Gasteiger partial charge in [-0.1, -0.05) is 41.6 Å². The fourth-order valence-corrected chi connectivity index (χ4v) is 2.94. The summed E-state index contributed by atoms with van der Waals surface area (Å²) in [6, 6.07) is 20.4. The van der Waals surface area contributed by atoms with Crippen LogP contribution in [0.1, 0.15) is 15.9 Å². The number of carbonyl (C=O) groups is 1. The second-order valence-electron chi connectivity index (χ2n) is 6.18. The van der Waals surface area contributed by atoms with Gasteiger partial charge in [-0.25, -0.2) is 9.48 Å². The Kier molecular flexibility index (Phi) is 4.82. The monoisotopic (exact) mass is 381 g/mol. The van der Waals surface area contributed by atoms with E-state index >= 15 is 0 Å². The van der Waals surface area contributed by atoms with E-state index in [2.05, 4.69) is 21.4 Å². The maximum atomic E-state index is 11.8. The molecule has 4 rings (SSSR count).